The number of likely N-dealkylation sites (tertiary alicyclic amines) is 2. The minimum absolute atomic E-state index is 0.0230. The highest BCUT2D eigenvalue weighted by Gasteiger charge is 2.31. The monoisotopic (exact) mass is 1050 g/mol. The van der Waals surface area contributed by atoms with Crippen LogP contribution in [0.5, 0.6) is 11.5 Å². The van der Waals surface area contributed by atoms with Gasteiger partial charge in [0.25, 0.3) is 11.8 Å². The molecular formula is C58H68N10O7S. The average molecular weight is 1050 g/mol. The van der Waals surface area contributed by atoms with E-state index in [1.807, 2.05) is 69.0 Å². The summed E-state index contributed by atoms with van der Waals surface area (Å²) in [7, 11) is -3.43. The average Bonchev–Trinajstić information content (AvgIpc) is 4.21. The maximum atomic E-state index is 13.0. The van der Waals surface area contributed by atoms with Crippen LogP contribution in [0.3, 0.4) is 0 Å². The fraction of sp³-hybridized carbons (Fsp3) is 0.466. The van der Waals surface area contributed by atoms with Crippen molar-refractivity contribution in [2.24, 2.45) is 11.8 Å². The van der Waals surface area contributed by atoms with Crippen LogP contribution in [-0.4, -0.2) is 95.2 Å². The highest BCUT2D eigenvalue weighted by atomic mass is 32.2. The van der Waals surface area contributed by atoms with Crippen molar-refractivity contribution in [3.8, 4) is 69.3 Å². The van der Waals surface area contributed by atoms with Crippen LogP contribution in [0, 0.1) is 34.5 Å². The first kappa shape index (κ1) is 53.7. The summed E-state index contributed by atoms with van der Waals surface area (Å²) in [6.07, 6.45) is 8.46. The molecule has 398 valence electrons. The van der Waals surface area contributed by atoms with Gasteiger partial charge in [-0.2, -0.15) is 20.5 Å². The molecule has 2 fully saturated rings. The van der Waals surface area contributed by atoms with Crippen LogP contribution in [0.2, 0.25) is 0 Å². The number of ether oxygens (including phenoxy) is 2. The molecule has 4 aliphatic rings. The molecule has 2 aromatic heterocycles. The van der Waals surface area contributed by atoms with Gasteiger partial charge in [0, 0.05) is 54.5 Å². The summed E-state index contributed by atoms with van der Waals surface area (Å²) in [5, 5.41) is 30.9. The van der Waals surface area contributed by atoms with Crippen molar-refractivity contribution in [1.82, 2.24) is 40.1 Å². The zero-order valence-electron chi connectivity index (χ0n) is 44.3. The van der Waals surface area contributed by atoms with Crippen LogP contribution < -0.4 is 19.5 Å². The zero-order valence-corrected chi connectivity index (χ0v) is 45.2. The molecule has 0 saturated carbocycles. The Hall–Kier alpha value is -7.12. The third kappa shape index (κ3) is 12.8. The number of nitrogens with one attached hydrogen (secondary N) is 2. The fourth-order valence-electron chi connectivity index (χ4n) is 10.9. The van der Waals surface area contributed by atoms with Crippen LogP contribution in [0.25, 0.3) is 45.7 Å². The number of carbonyl (C=O) groups is 1. The molecule has 2 amide bonds. The minimum atomic E-state index is -3.43. The highest BCUT2D eigenvalue weighted by Crippen LogP contribution is 2.39. The summed E-state index contributed by atoms with van der Waals surface area (Å²) in [6, 6.07) is 26.5. The third-order valence-electron chi connectivity index (χ3n) is 14.5. The number of piperidine rings is 1. The molecule has 0 radical (unpaired) electrons. The summed E-state index contributed by atoms with van der Waals surface area (Å²) in [4.78, 5) is 26.5. The van der Waals surface area contributed by atoms with Crippen LogP contribution >= 0.6 is 0 Å². The molecular weight excluding hydrogens is 981 g/mol. The van der Waals surface area contributed by atoms with Gasteiger partial charge in [-0.1, -0.05) is 60.6 Å². The van der Waals surface area contributed by atoms with E-state index in [0.29, 0.717) is 75.6 Å². The molecule has 17 nitrogen and oxygen atoms in total. The smallest absolute Gasteiger partial charge is 0.317 e. The minimum Gasteiger partial charge on any atom is -0.490 e. The Balaban J connectivity index is 0.000000186. The van der Waals surface area contributed by atoms with Crippen molar-refractivity contribution >= 4 is 16.1 Å². The van der Waals surface area contributed by atoms with Crippen LogP contribution in [0.1, 0.15) is 132 Å². The molecule has 2 aliphatic carbocycles. The molecule has 10 rings (SSSR count). The number of hydrogen-bond donors (Lipinski definition) is 2. The second kappa shape index (κ2) is 23.8. The lowest BCUT2D eigenvalue weighted by Gasteiger charge is -2.34. The number of nitrogens with zero attached hydrogens (tertiary/aromatic N) is 8. The van der Waals surface area contributed by atoms with E-state index in [9.17, 15) is 23.7 Å². The number of carbonyl (C=O) groups excluding carboxylic acids is 1. The Morgan fingerprint density at radius 1 is 0.711 bits per heavy atom. The molecule has 4 heterocycles. The van der Waals surface area contributed by atoms with Crippen LogP contribution in [-0.2, 0) is 22.9 Å². The van der Waals surface area contributed by atoms with E-state index < -0.39 is 10.0 Å². The van der Waals surface area contributed by atoms with Gasteiger partial charge in [0.05, 0.1) is 35.1 Å². The highest BCUT2D eigenvalue weighted by molar-refractivity contribution is 7.89. The van der Waals surface area contributed by atoms with Gasteiger partial charge in [0.15, 0.2) is 0 Å². The number of benzene rings is 4. The number of hydrogen-bond acceptors (Lipinski definition) is 14. The lowest BCUT2D eigenvalue weighted by atomic mass is 9.84. The first-order valence-electron chi connectivity index (χ1n) is 26.8. The summed E-state index contributed by atoms with van der Waals surface area (Å²) in [5.41, 5.74) is 8.13. The van der Waals surface area contributed by atoms with E-state index in [1.165, 1.54) is 6.42 Å². The van der Waals surface area contributed by atoms with Crippen molar-refractivity contribution in [2.45, 2.75) is 124 Å². The fourth-order valence-corrected chi connectivity index (χ4v) is 12.2. The summed E-state index contributed by atoms with van der Waals surface area (Å²) < 4.78 is 51.6. The SMILES string of the molecule is CC(C)Oc1ccc(-c2nc(-c3cccc4c3CCC[C@@H]4NS(=O)(=O)CCN3CC[C@@H](C)C3)no2)cc1C#N.CC(C)Oc1ccc(-c2nc(-c3cccc4c3CCC[C@H]4NC(=O)N3CCC[C@H](C)C3)no2)cc1C#N. The molecule has 0 spiro atoms. The lowest BCUT2D eigenvalue weighted by molar-refractivity contribution is 0.165. The number of rotatable bonds is 14. The van der Waals surface area contributed by atoms with Crippen LogP contribution in [0.4, 0.5) is 4.79 Å². The molecule has 2 aliphatic heterocycles. The predicted molar refractivity (Wildman–Crippen MR) is 288 cm³/mol. The summed E-state index contributed by atoms with van der Waals surface area (Å²) >= 11 is 0. The van der Waals surface area contributed by atoms with Crippen molar-refractivity contribution in [1.29, 1.82) is 10.5 Å². The second-order valence-corrected chi connectivity index (χ2v) is 23.1. The Kier molecular flexibility index (Phi) is 16.8. The second-order valence-electron chi connectivity index (χ2n) is 21.2. The number of nitriles is 2. The standard InChI is InChI=1S/C29H35N5O4S.C29H33N5O3/c1-19(2)37-27-11-10-21(16-22(27)17-30)29-31-28(32-38-29)25-8-4-7-24-23(25)6-5-9-26(24)33-39(35,36)15-14-34-13-12-20(3)18-34;1-18(2)36-26-13-12-20(15-21(26)16-30)28-32-27(33-37-28)24-10-4-9-23-22(24)8-5-11-25(23)31-29(35)34-14-6-7-19(3)17-34/h4,7-8,10-11,16,19-20,26,33H,5-6,9,12-15,18H2,1-3H3;4,9-10,12-13,15,18-19,25H,5-8,11,14,17H2,1-3H3,(H,31,35)/t20-,26+;19-,25+/m10/s1. The van der Waals surface area contributed by atoms with Gasteiger partial charge < -0.3 is 33.6 Å². The van der Waals surface area contributed by atoms with Gasteiger partial charge in [0.2, 0.25) is 21.7 Å². The van der Waals surface area contributed by atoms with Gasteiger partial charge in [-0.15, -0.1) is 0 Å². The summed E-state index contributed by atoms with van der Waals surface area (Å²) in [6.45, 7) is 16.2. The van der Waals surface area contributed by atoms with Crippen LogP contribution in [0.15, 0.2) is 81.8 Å². The van der Waals surface area contributed by atoms with E-state index in [4.69, 9.17) is 18.5 Å². The topological polar surface area (TPSA) is 226 Å². The molecule has 18 heteroatoms. The molecule has 0 unspecified atom stereocenters. The molecule has 76 heavy (non-hydrogen) atoms. The van der Waals surface area contributed by atoms with Crippen molar-refractivity contribution in [2.75, 3.05) is 38.5 Å². The maximum absolute atomic E-state index is 13.0. The first-order valence-corrected chi connectivity index (χ1v) is 28.4. The first-order chi connectivity index (χ1) is 36.6. The van der Waals surface area contributed by atoms with Gasteiger partial charge in [-0.05, 0) is 163 Å². The molecule has 4 atom stereocenters. The molecule has 6 aromatic rings. The normalized spacial score (nSPS) is 19.5. The lowest BCUT2D eigenvalue weighted by Crippen LogP contribution is -2.46. The van der Waals surface area contributed by atoms with E-state index in [0.717, 1.165) is 111 Å². The Morgan fingerprint density at radius 2 is 1.25 bits per heavy atom. The third-order valence-corrected chi connectivity index (χ3v) is 15.9. The number of amides is 2. The largest absolute Gasteiger partial charge is 0.490 e. The van der Waals surface area contributed by atoms with E-state index in [1.54, 1.807) is 30.3 Å². The Morgan fingerprint density at radius 3 is 1.76 bits per heavy atom. The number of sulfonamides is 1. The zero-order chi connectivity index (χ0) is 53.5. The van der Waals surface area contributed by atoms with Crippen molar-refractivity contribution in [3.05, 3.63) is 106 Å². The number of aromatic nitrogens is 4. The quantitative estimate of drug-likeness (QED) is 0.104. The van der Waals surface area contributed by atoms with E-state index in [-0.39, 0.29) is 36.1 Å². The van der Waals surface area contributed by atoms with Crippen molar-refractivity contribution in [3.63, 3.8) is 0 Å². The summed E-state index contributed by atoms with van der Waals surface area (Å²) in [5.74, 6) is 3.91. The number of urea groups is 1. The van der Waals surface area contributed by atoms with E-state index in [2.05, 4.69) is 67.3 Å². The maximum Gasteiger partial charge on any atom is 0.317 e. The van der Waals surface area contributed by atoms with E-state index >= 15 is 0 Å². The molecule has 2 saturated heterocycles. The predicted octanol–water partition coefficient (Wildman–Crippen LogP) is 10.6. The Labute approximate surface area is 446 Å². The molecule has 2 N–H and O–H groups in total. The number of fused-ring (bicyclic) bond motifs is 2. The molecule has 4 aromatic carbocycles. The van der Waals surface area contributed by atoms with Gasteiger partial charge in [0.1, 0.15) is 23.6 Å². The van der Waals surface area contributed by atoms with Gasteiger partial charge in [-0.25, -0.2) is 17.9 Å². The van der Waals surface area contributed by atoms with Gasteiger partial charge in [-0.3, -0.25) is 0 Å². The molecule has 0 bridgehead atoms. The van der Waals surface area contributed by atoms with Crippen molar-refractivity contribution < 1.29 is 31.7 Å². The Bertz CT molecular complexity index is 3230. The van der Waals surface area contributed by atoms with Gasteiger partial charge >= 0.3 is 6.03 Å².